The molecule has 0 spiro atoms. The van der Waals surface area contributed by atoms with Gasteiger partial charge in [-0.3, -0.25) is 14.9 Å². The molecule has 1 fully saturated rings. The lowest BCUT2D eigenvalue weighted by Crippen LogP contribution is -2.43. The third kappa shape index (κ3) is 3.71. The van der Waals surface area contributed by atoms with Crippen LogP contribution in [0.4, 0.5) is 5.13 Å². The van der Waals surface area contributed by atoms with Crippen LogP contribution < -0.4 is 5.32 Å². The average molecular weight is 379 g/mol. The molecule has 1 aliphatic heterocycles. The zero-order valence-corrected chi connectivity index (χ0v) is 16.0. The molecule has 5 nitrogen and oxygen atoms in total. The highest BCUT2D eigenvalue weighted by Crippen LogP contribution is 2.30. The summed E-state index contributed by atoms with van der Waals surface area (Å²) in [6.45, 7) is 2.63. The molecule has 1 aromatic heterocycles. The summed E-state index contributed by atoms with van der Waals surface area (Å²) in [5.74, 6) is -0.183. The first-order chi connectivity index (χ1) is 13.1. The van der Waals surface area contributed by atoms with Crippen molar-refractivity contribution in [3.8, 4) is 0 Å². The highest BCUT2D eigenvalue weighted by Gasteiger charge is 2.33. The SMILES string of the molecule is Cc1ccc2nc(NC(=O)C(c3ccccc3)N3CCCCC3=O)sc2c1. The Labute approximate surface area is 162 Å². The van der Waals surface area contributed by atoms with Gasteiger partial charge in [-0.05, 0) is 43.0 Å². The second-order valence-electron chi connectivity index (χ2n) is 6.84. The Kier molecular flexibility index (Phi) is 4.90. The lowest BCUT2D eigenvalue weighted by atomic mass is 10.0. The van der Waals surface area contributed by atoms with Gasteiger partial charge in [0.25, 0.3) is 5.91 Å². The number of aryl methyl sites for hydroxylation is 1. The van der Waals surface area contributed by atoms with Gasteiger partial charge in [0.2, 0.25) is 5.91 Å². The number of thiazole rings is 1. The summed E-state index contributed by atoms with van der Waals surface area (Å²) in [7, 11) is 0. The van der Waals surface area contributed by atoms with Gasteiger partial charge in [-0.2, -0.15) is 0 Å². The fourth-order valence-corrected chi connectivity index (χ4v) is 4.43. The number of anilines is 1. The second kappa shape index (κ2) is 7.48. The number of amides is 2. The van der Waals surface area contributed by atoms with Crippen LogP contribution in [0, 0.1) is 6.92 Å². The zero-order chi connectivity index (χ0) is 18.8. The minimum atomic E-state index is -0.632. The van der Waals surface area contributed by atoms with Crippen molar-refractivity contribution in [1.82, 2.24) is 9.88 Å². The predicted molar refractivity (Wildman–Crippen MR) is 108 cm³/mol. The van der Waals surface area contributed by atoms with E-state index in [1.165, 1.54) is 11.3 Å². The molecule has 0 radical (unpaired) electrons. The predicted octanol–water partition coefficient (Wildman–Crippen LogP) is 4.30. The van der Waals surface area contributed by atoms with Gasteiger partial charge in [0, 0.05) is 13.0 Å². The lowest BCUT2D eigenvalue weighted by molar-refractivity contribution is -0.141. The van der Waals surface area contributed by atoms with Crippen LogP contribution in [0.2, 0.25) is 0 Å². The van der Waals surface area contributed by atoms with Crippen LogP contribution in [0.1, 0.15) is 36.4 Å². The van der Waals surface area contributed by atoms with Crippen LogP contribution in [-0.4, -0.2) is 28.2 Å². The molecule has 1 saturated heterocycles. The first kappa shape index (κ1) is 17.7. The van der Waals surface area contributed by atoms with Gasteiger partial charge in [-0.25, -0.2) is 4.98 Å². The number of fused-ring (bicyclic) bond motifs is 1. The molecule has 1 aliphatic rings. The van der Waals surface area contributed by atoms with E-state index in [1.54, 1.807) is 4.90 Å². The molecule has 1 atom stereocenters. The average Bonchev–Trinajstić information content (AvgIpc) is 3.05. The van der Waals surface area contributed by atoms with E-state index in [0.29, 0.717) is 18.1 Å². The Morgan fingerprint density at radius 2 is 2.00 bits per heavy atom. The summed E-state index contributed by atoms with van der Waals surface area (Å²) in [4.78, 5) is 31.9. The molecule has 3 aromatic rings. The number of hydrogen-bond donors (Lipinski definition) is 1. The van der Waals surface area contributed by atoms with Gasteiger partial charge in [0.05, 0.1) is 10.2 Å². The fourth-order valence-electron chi connectivity index (χ4n) is 3.47. The van der Waals surface area contributed by atoms with E-state index in [0.717, 1.165) is 34.2 Å². The standard InChI is InChI=1S/C21H21N3O2S/c1-14-10-11-16-17(13-14)27-21(22-16)23-20(26)19(15-7-3-2-4-8-15)24-12-6-5-9-18(24)25/h2-4,7-8,10-11,13,19H,5-6,9,12H2,1H3,(H,22,23,26). The van der Waals surface area contributed by atoms with Crippen LogP contribution in [0.15, 0.2) is 48.5 Å². The monoisotopic (exact) mass is 379 g/mol. The second-order valence-corrected chi connectivity index (χ2v) is 7.87. The first-order valence-corrected chi connectivity index (χ1v) is 9.96. The highest BCUT2D eigenvalue weighted by atomic mass is 32.1. The quantitative estimate of drug-likeness (QED) is 0.735. The number of piperidine rings is 1. The van der Waals surface area contributed by atoms with E-state index >= 15 is 0 Å². The molecule has 2 amide bonds. The molecule has 0 aliphatic carbocycles. The number of nitrogens with zero attached hydrogens (tertiary/aromatic N) is 2. The summed E-state index contributed by atoms with van der Waals surface area (Å²) in [5.41, 5.74) is 2.85. The van der Waals surface area contributed by atoms with Crippen molar-refractivity contribution in [2.24, 2.45) is 0 Å². The van der Waals surface area contributed by atoms with E-state index in [9.17, 15) is 9.59 Å². The molecular weight excluding hydrogens is 358 g/mol. The minimum Gasteiger partial charge on any atom is -0.327 e. The maximum atomic E-state index is 13.2. The van der Waals surface area contributed by atoms with E-state index in [2.05, 4.69) is 16.4 Å². The van der Waals surface area contributed by atoms with Gasteiger partial charge < -0.3 is 4.90 Å². The molecule has 0 bridgehead atoms. The molecular formula is C21H21N3O2S. The molecule has 1 N–H and O–H groups in total. The van der Waals surface area contributed by atoms with Gasteiger partial charge >= 0.3 is 0 Å². The maximum Gasteiger partial charge on any atom is 0.253 e. The van der Waals surface area contributed by atoms with Crippen molar-refractivity contribution in [3.63, 3.8) is 0 Å². The van der Waals surface area contributed by atoms with Gasteiger partial charge in [-0.15, -0.1) is 0 Å². The van der Waals surface area contributed by atoms with Crippen LogP contribution >= 0.6 is 11.3 Å². The summed E-state index contributed by atoms with van der Waals surface area (Å²) in [6.07, 6.45) is 2.30. The van der Waals surface area contributed by atoms with Crippen molar-refractivity contribution in [2.75, 3.05) is 11.9 Å². The summed E-state index contributed by atoms with van der Waals surface area (Å²) >= 11 is 1.45. The Balaban J connectivity index is 1.64. The third-order valence-corrected chi connectivity index (χ3v) is 5.74. The van der Waals surface area contributed by atoms with Gasteiger partial charge in [0.1, 0.15) is 6.04 Å². The number of carbonyl (C=O) groups excluding carboxylic acids is 2. The Morgan fingerprint density at radius 1 is 1.19 bits per heavy atom. The van der Waals surface area contributed by atoms with Crippen molar-refractivity contribution >= 4 is 38.5 Å². The van der Waals surface area contributed by atoms with Crippen LogP contribution in [0.25, 0.3) is 10.2 Å². The third-order valence-electron chi connectivity index (χ3n) is 4.81. The van der Waals surface area contributed by atoms with E-state index in [4.69, 9.17) is 0 Å². The molecule has 0 saturated carbocycles. The van der Waals surface area contributed by atoms with E-state index in [1.807, 2.05) is 49.4 Å². The number of nitrogens with one attached hydrogen (secondary N) is 1. The number of benzene rings is 2. The van der Waals surface area contributed by atoms with Crippen LogP contribution in [-0.2, 0) is 9.59 Å². The molecule has 27 heavy (non-hydrogen) atoms. The van der Waals surface area contributed by atoms with E-state index in [-0.39, 0.29) is 11.8 Å². The molecule has 2 heterocycles. The number of likely N-dealkylation sites (tertiary alicyclic amines) is 1. The topological polar surface area (TPSA) is 62.3 Å². The first-order valence-electron chi connectivity index (χ1n) is 9.14. The Morgan fingerprint density at radius 3 is 2.78 bits per heavy atom. The molecule has 138 valence electrons. The number of hydrogen-bond acceptors (Lipinski definition) is 4. The lowest BCUT2D eigenvalue weighted by Gasteiger charge is -2.33. The Hall–Kier alpha value is -2.73. The van der Waals surface area contributed by atoms with Crippen LogP contribution in [0.5, 0.6) is 0 Å². The fraction of sp³-hybridized carbons (Fsp3) is 0.286. The summed E-state index contributed by atoms with van der Waals surface area (Å²) < 4.78 is 1.04. The largest absolute Gasteiger partial charge is 0.327 e. The van der Waals surface area contributed by atoms with Crippen molar-refractivity contribution in [2.45, 2.75) is 32.2 Å². The van der Waals surface area contributed by atoms with Crippen LogP contribution in [0.3, 0.4) is 0 Å². The molecule has 1 unspecified atom stereocenters. The van der Waals surface area contributed by atoms with Crippen molar-refractivity contribution < 1.29 is 9.59 Å². The van der Waals surface area contributed by atoms with Gasteiger partial charge in [0.15, 0.2) is 5.13 Å². The molecule has 6 heteroatoms. The number of aromatic nitrogens is 1. The van der Waals surface area contributed by atoms with Gasteiger partial charge in [-0.1, -0.05) is 47.7 Å². The zero-order valence-electron chi connectivity index (χ0n) is 15.1. The van der Waals surface area contributed by atoms with Crippen molar-refractivity contribution in [1.29, 1.82) is 0 Å². The van der Waals surface area contributed by atoms with E-state index < -0.39 is 6.04 Å². The van der Waals surface area contributed by atoms with Crippen molar-refractivity contribution in [3.05, 3.63) is 59.7 Å². The highest BCUT2D eigenvalue weighted by molar-refractivity contribution is 7.22. The number of carbonyl (C=O) groups is 2. The minimum absolute atomic E-state index is 0.0326. The summed E-state index contributed by atoms with van der Waals surface area (Å²) in [5, 5.41) is 3.50. The normalized spacial score (nSPS) is 15.7. The maximum absolute atomic E-state index is 13.2. The summed E-state index contributed by atoms with van der Waals surface area (Å²) in [6, 6.07) is 14.9. The number of rotatable bonds is 4. The Bertz CT molecular complexity index is 984. The molecule has 2 aromatic carbocycles. The smallest absolute Gasteiger partial charge is 0.253 e. The molecule has 4 rings (SSSR count).